The van der Waals surface area contributed by atoms with E-state index in [9.17, 15) is 0 Å². The second-order valence-electron chi connectivity index (χ2n) is 2.49. The quantitative estimate of drug-likeness (QED) is 0.553. The van der Waals surface area contributed by atoms with Gasteiger partial charge < -0.3 is 4.90 Å². The number of rotatable bonds is 4. The summed E-state index contributed by atoms with van der Waals surface area (Å²) in [5.41, 5.74) is 0. The Bertz CT molecular complexity index is 56.1. The minimum Gasteiger partial charge on any atom is -0.309 e. The van der Waals surface area contributed by atoms with Crippen LogP contribution in [-0.4, -0.2) is 43.6 Å². The van der Waals surface area contributed by atoms with Gasteiger partial charge in [0.05, 0.1) is 0 Å². The molecule has 2 nitrogen and oxygen atoms in total. The van der Waals surface area contributed by atoms with Crippen molar-refractivity contribution in [1.29, 1.82) is 0 Å². The maximum absolute atomic E-state index is 5.58. The molecule has 0 aromatic carbocycles. The van der Waals surface area contributed by atoms with E-state index in [1.807, 2.05) is 7.05 Å². The average molecular weight is 151 g/mol. The number of hydrogen-bond donors (Lipinski definition) is 0. The monoisotopic (exact) mass is 150 g/mol. The lowest BCUT2D eigenvalue weighted by atomic mass is 10.4. The Kier molecular flexibility index (Phi) is 5.15. The van der Waals surface area contributed by atoms with E-state index in [4.69, 9.17) is 11.8 Å². The minimum atomic E-state index is 0.958. The van der Waals surface area contributed by atoms with Crippen LogP contribution in [0.25, 0.3) is 0 Å². The van der Waals surface area contributed by atoms with E-state index in [1.165, 1.54) is 0 Å². The predicted octanol–water partition coefficient (Wildman–Crippen LogP) is 1.02. The molecule has 9 heavy (non-hydrogen) atoms. The smallest absolute Gasteiger partial charge is 0.0148 e. The molecule has 0 heterocycles. The topological polar surface area (TPSA) is 6.48 Å². The maximum atomic E-state index is 5.58. The molecule has 0 aliphatic heterocycles. The summed E-state index contributed by atoms with van der Waals surface area (Å²) in [5, 5.41) is 0. The second kappa shape index (κ2) is 5.03. The number of halogens is 1. The summed E-state index contributed by atoms with van der Waals surface area (Å²) >= 11 is 5.58. The lowest BCUT2D eigenvalue weighted by Crippen LogP contribution is -2.17. The van der Waals surface area contributed by atoms with Crippen LogP contribution < -0.4 is 0 Å². The Morgan fingerprint density at radius 1 is 1.11 bits per heavy atom. The van der Waals surface area contributed by atoms with E-state index < -0.39 is 0 Å². The molecule has 0 aliphatic carbocycles. The van der Waals surface area contributed by atoms with E-state index in [-0.39, 0.29) is 0 Å². The molecule has 0 radical (unpaired) electrons. The largest absolute Gasteiger partial charge is 0.309 e. The van der Waals surface area contributed by atoms with Crippen molar-refractivity contribution >= 4 is 11.8 Å². The van der Waals surface area contributed by atoms with Crippen molar-refractivity contribution in [3.05, 3.63) is 0 Å². The summed E-state index contributed by atoms with van der Waals surface area (Å²) in [6.07, 6.45) is 1.13. The highest BCUT2D eigenvalue weighted by Gasteiger charge is 1.92. The molecule has 0 aromatic rings. The summed E-state index contributed by atoms with van der Waals surface area (Å²) in [6, 6.07) is 0. The molecule has 0 atom stereocenters. The fourth-order valence-corrected chi connectivity index (χ4v) is 0.724. The zero-order valence-electron chi connectivity index (χ0n) is 6.39. The highest BCUT2D eigenvalue weighted by atomic mass is 35.5. The molecule has 0 N–H and O–H groups in total. The maximum Gasteiger partial charge on any atom is 0.0148 e. The summed E-state index contributed by atoms with van der Waals surface area (Å²) < 4.78 is 1.68. The molecule has 0 aromatic heterocycles. The van der Waals surface area contributed by atoms with Gasteiger partial charge in [-0.3, -0.25) is 0 Å². The van der Waals surface area contributed by atoms with Crippen molar-refractivity contribution in [3.63, 3.8) is 0 Å². The van der Waals surface area contributed by atoms with E-state index >= 15 is 0 Å². The molecule has 0 rings (SSSR count). The molecule has 56 valence electrons. The molecule has 0 fully saturated rings. The van der Waals surface area contributed by atoms with Gasteiger partial charge in [0.1, 0.15) is 0 Å². The summed E-state index contributed by atoms with van der Waals surface area (Å²) in [6.45, 7) is 2.07. The molecule has 0 spiro atoms. The van der Waals surface area contributed by atoms with Crippen LogP contribution in [0.2, 0.25) is 0 Å². The second-order valence-corrected chi connectivity index (χ2v) is 3.06. The summed E-state index contributed by atoms with van der Waals surface area (Å²) in [7, 11) is 6.00. The lowest BCUT2D eigenvalue weighted by Gasteiger charge is -2.10. The van der Waals surface area contributed by atoms with Crippen LogP contribution in [0, 0.1) is 0 Å². The Morgan fingerprint density at radius 3 is 2.00 bits per heavy atom. The van der Waals surface area contributed by atoms with Gasteiger partial charge in [0, 0.05) is 13.6 Å². The van der Waals surface area contributed by atoms with Crippen molar-refractivity contribution < 1.29 is 0 Å². The van der Waals surface area contributed by atoms with Gasteiger partial charge in [-0.25, -0.2) is 4.42 Å². The Balaban J connectivity index is 2.91. The fraction of sp³-hybridized carbons (Fsp3) is 1.00. The van der Waals surface area contributed by atoms with Crippen LogP contribution in [-0.2, 0) is 0 Å². The first-order valence-corrected chi connectivity index (χ1v) is 3.48. The van der Waals surface area contributed by atoms with Gasteiger partial charge in [-0.1, -0.05) is 0 Å². The highest BCUT2D eigenvalue weighted by Crippen LogP contribution is 1.90. The number of hydrogen-bond acceptors (Lipinski definition) is 2. The van der Waals surface area contributed by atoms with Gasteiger partial charge in [-0.15, -0.1) is 0 Å². The molecule has 0 bridgehead atoms. The highest BCUT2D eigenvalue weighted by molar-refractivity contribution is 6.13. The van der Waals surface area contributed by atoms with Gasteiger partial charge >= 0.3 is 0 Å². The van der Waals surface area contributed by atoms with E-state index in [1.54, 1.807) is 4.42 Å². The van der Waals surface area contributed by atoms with Crippen molar-refractivity contribution in [2.75, 3.05) is 34.2 Å². The molecule has 0 saturated carbocycles. The van der Waals surface area contributed by atoms with Crippen molar-refractivity contribution in [3.8, 4) is 0 Å². The molecule has 0 amide bonds. The van der Waals surface area contributed by atoms with Crippen LogP contribution in [0.15, 0.2) is 0 Å². The third kappa shape index (κ3) is 8.21. The van der Waals surface area contributed by atoms with Gasteiger partial charge in [0.15, 0.2) is 0 Å². The molecular formula is C6H15ClN2. The first kappa shape index (κ1) is 9.21. The molecular weight excluding hydrogens is 136 g/mol. The van der Waals surface area contributed by atoms with Gasteiger partial charge in [0.25, 0.3) is 0 Å². The Labute approximate surface area is 62.5 Å². The van der Waals surface area contributed by atoms with Gasteiger partial charge in [-0.05, 0) is 38.8 Å². The van der Waals surface area contributed by atoms with E-state index in [0.29, 0.717) is 0 Å². The Hall–Kier alpha value is 0.210. The third-order valence-corrected chi connectivity index (χ3v) is 1.24. The molecule has 0 aliphatic rings. The van der Waals surface area contributed by atoms with Gasteiger partial charge in [-0.2, -0.15) is 0 Å². The SMILES string of the molecule is CN(C)CCCN(C)Cl. The van der Waals surface area contributed by atoms with Crippen LogP contribution in [0.4, 0.5) is 0 Å². The first-order chi connectivity index (χ1) is 4.13. The van der Waals surface area contributed by atoms with Gasteiger partial charge in [0.2, 0.25) is 0 Å². The van der Waals surface area contributed by atoms with E-state index in [2.05, 4.69) is 19.0 Å². The minimum absolute atomic E-state index is 0.958. The zero-order chi connectivity index (χ0) is 7.28. The van der Waals surface area contributed by atoms with E-state index in [0.717, 1.165) is 19.5 Å². The lowest BCUT2D eigenvalue weighted by molar-refractivity contribution is 0.377. The predicted molar refractivity (Wildman–Crippen MR) is 41.7 cm³/mol. The summed E-state index contributed by atoms with van der Waals surface area (Å²) in [4.78, 5) is 2.15. The molecule has 3 heteroatoms. The standard InChI is InChI=1S/C6H15ClN2/c1-8(2)5-4-6-9(3)7/h4-6H2,1-3H3. The first-order valence-electron chi connectivity index (χ1n) is 3.14. The average Bonchev–Trinajstić information content (AvgIpc) is 1.63. The number of nitrogens with zero attached hydrogens (tertiary/aromatic N) is 2. The molecule has 0 unspecified atom stereocenters. The third-order valence-electron chi connectivity index (χ3n) is 1.07. The molecule has 0 saturated heterocycles. The normalized spacial score (nSPS) is 11.3. The Morgan fingerprint density at radius 2 is 1.67 bits per heavy atom. The van der Waals surface area contributed by atoms with Crippen molar-refractivity contribution in [2.45, 2.75) is 6.42 Å². The van der Waals surface area contributed by atoms with Crippen LogP contribution in [0.5, 0.6) is 0 Å². The van der Waals surface area contributed by atoms with Crippen molar-refractivity contribution in [1.82, 2.24) is 9.32 Å². The van der Waals surface area contributed by atoms with Crippen molar-refractivity contribution in [2.24, 2.45) is 0 Å². The zero-order valence-corrected chi connectivity index (χ0v) is 7.15. The van der Waals surface area contributed by atoms with Crippen LogP contribution >= 0.6 is 11.8 Å². The summed E-state index contributed by atoms with van der Waals surface area (Å²) in [5.74, 6) is 0. The van der Waals surface area contributed by atoms with Crippen LogP contribution in [0.3, 0.4) is 0 Å². The fourth-order valence-electron chi connectivity index (χ4n) is 0.605. The van der Waals surface area contributed by atoms with Crippen LogP contribution in [0.1, 0.15) is 6.42 Å².